The third kappa shape index (κ3) is 2.95. The van der Waals surface area contributed by atoms with Crippen LogP contribution in [0, 0.1) is 0 Å². The van der Waals surface area contributed by atoms with Gasteiger partial charge in [0, 0.05) is 17.9 Å². The van der Waals surface area contributed by atoms with Gasteiger partial charge in [0.2, 0.25) is 0 Å². The summed E-state index contributed by atoms with van der Waals surface area (Å²) in [4.78, 5) is 21.1. The molecular weight excluding hydrogens is 304 g/mol. The largest absolute Gasteiger partial charge is 0.465 e. The van der Waals surface area contributed by atoms with Gasteiger partial charge in [-0.15, -0.1) is 0 Å². The van der Waals surface area contributed by atoms with Crippen molar-refractivity contribution in [3.05, 3.63) is 48.3 Å². The van der Waals surface area contributed by atoms with Crippen molar-refractivity contribution < 1.29 is 9.53 Å². The lowest BCUT2D eigenvalue weighted by atomic mass is 10.1. The summed E-state index contributed by atoms with van der Waals surface area (Å²) in [5.74, 6) is 0.377. The monoisotopic (exact) mass is 324 g/mol. The van der Waals surface area contributed by atoms with E-state index in [4.69, 9.17) is 4.74 Å². The van der Waals surface area contributed by atoms with Crippen LogP contribution in [-0.4, -0.2) is 33.0 Å². The molecule has 0 fully saturated rings. The topological polar surface area (TPSA) is 68.5 Å². The molecule has 124 valence electrons. The maximum Gasteiger partial charge on any atom is 0.341 e. The van der Waals surface area contributed by atoms with Crippen LogP contribution in [0.4, 0.5) is 5.82 Å². The highest BCUT2D eigenvalue weighted by Crippen LogP contribution is 2.30. The van der Waals surface area contributed by atoms with Crippen molar-refractivity contribution >= 4 is 17.4 Å². The fourth-order valence-corrected chi connectivity index (χ4v) is 2.49. The summed E-state index contributed by atoms with van der Waals surface area (Å²) in [5, 5.41) is 3.46. The Balaban J connectivity index is 2.29. The van der Waals surface area contributed by atoms with Gasteiger partial charge in [-0.25, -0.2) is 9.78 Å². The molecule has 0 bridgehead atoms. The molecule has 0 unspecified atom stereocenters. The van der Waals surface area contributed by atoms with Crippen molar-refractivity contribution in [1.82, 2.24) is 14.4 Å². The number of rotatable bonds is 3. The van der Waals surface area contributed by atoms with Gasteiger partial charge in [-0.05, 0) is 45.0 Å². The molecule has 3 aromatic heterocycles. The number of nitrogens with zero attached hydrogens (tertiary/aromatic N) is 3. The summed E-state index contributed by atoms with van der Waals surface area (Å²) in [6.45, 7) is 6.20. The molecule has 6 heteroatoms. The van der Waals surface area contributed by atoms with Gasteiger partial charge < -0.3 is 10.1 Å². The minimum Gasteiger partial charge on any atom is -0.465 e. The van der Waals surface area contributed by atoms with Crippen molar-refractivity contribution in [3.8, 4) is 11.4 Å². The second-order valence-corrected chi connectivity index (χ2v) is 6.51. The minimum atomic E-state index is -0.416. The van der Waals surface area contributed by atoms with Crippen LogP contribution in [0.15, 0.2) is 42.7 Å². The van der Waals surface area contributed by atoms with Gasteiger partial charge in [0.05, 0.1) is 12.8 Å². The first-order valence-corrected chi connectivity index (χ1v) is 7.69. The van der Waals surface area contributed by atoms with Crippen molar-refractivity contribution in [2.24, 2.45) is 0 Å². The summed E-state index contributed by atoms with van der Waals surface area (Å²) < 4.78 is 6.73. The molecule has 0 aromatic carbocycles. The molecule has 0 saturated carbocycles. The molecule has 0 amide bonds. The number of hydrogen-bond acceptors (Lipinski definition) is 5. The number of pyridine rings is 2. The van der Waals surface area contributed by atoms with Gasteiger partial charge in [-0.2, -0.15) is 0 Å². The zero-order chi connectivity index (χ0) is 17.3. The number of ether oxygens (including phenoxy) is 1. The number of nitrogens with one attached hydrogen (secondary N) is 1. The fourth-order valence-electron chi connectivity index (χ4n) is 2.49. The van der Waals surface area contributed by atoms with E-state index in [1.807, 2.05) is 28.8 Å². The number of carbonyl (C=O) groups excluding carboxylic acids is 1. The SMILES string of the molecule is COC(=O)c1cccn2c(NC(C)(C)C)c(-c3ccccn3)nc12. The highest BCUT2D eigenvalue weighted by molar-refractivity contribution is 5.97. The molecule has 1 N–H and O–H groups in total. The molecule has 0 aliphatic carbocycles. The first kappa shape index (κ1) is 16.0. The van der Waals surface area contributed by atoms with E-state index in [0.717, 1.165) is 11.5 Å². The molecular formula is C18H20N4O2. The molecule has 3 rings (SSSR count). The van der Waals surface area contributed by atoms with Gasteiger partial charge in [-0.1, -0.05) is 6.07 Å². The number of anilines is 1. The normalized spacial score (nSPS) is 11.5. The van der Waals surface area contributed by atoms with Crippen LogP contribution in [-0.2, 0) is 4.74 Å². The molecule has 3 heterocycles. The lowest BCUT2D eigenvalue weighted by Gasteiger charge is -2.22. The molecule has 0 aliphatic heterocycles. The van der Waals surface area contributed by atoms with E-state index in [-0.39, 0.29) is 5.54 Å². The standard InChI is InChI=1S/C18H20N4O2/c1-18(2,3)21-16-14(13-9-5-6-10-19-13)20-15-12(17(23)24-4)8-7-11-22(15)16/h5-11,21H,1-4H3. The van der Waals surface area contributed by atoms with Gasteiger partial charge >= 0.3 is 5.97 Å². The van der Waals surface area contributed by atoms with E-state index in [1.54, 1.807) is 18.3 Å². The van der Waals surface area contributed by atoms with E-state index in [1.165, 1.54) is 7.11 Å². The lowest BCUT2D eigenvalue weighted by molar-refractivity contribution is 0.0602. The van der Waals surface area contributed by atoms with E-state index >= 15 is 0 Å². The summed E-state index contributed by atoms with van der Waals surface area (Å²) in [6, 6.07) is 9.17. The van der Waals surface area contributed by atoms with Crippen LogP contribution in [0.3, 0.4) is 0 Å². The molecule has 24 heavy (non-hydrogen) atoms. The van der Waals surface area contributed by atoms with Crippen LogP contribution in [0.25, 0.3) is 17.0 Å². The molecule has 0 spiro atoms. The molecule has 3 aromatic rings. The van der Waals surface area contributed by atoms with Crippen LogP contribution in [0.5, 0.6) is 0 Å². The number of hydrogen-bond donors (Lipinski definition) is 1. The van der Waals surface area contributed by atoms with Crippen LogP contribution < -0.4 is 5.32 Å². The Hall–Kier alpha value is -2.89. The number of fused-ring (bicyclic) bond motifs is 1. The third-order valence-corrected chi connectivity index (χ3v) is 3.46. The molecule has 6 nitrogen and oxygen atoms in total. The van der Waals surface area contributed by atoms with Crippen molar-refractivity contribution in [2.75, 3.05) is 12.4 Å². The second-order valence-electron chi connectivity index (χ2n) is 6.51. The van der Waals surface area contributed by atoms with Gasteiger partial charge in [0.25, 0.3) is 0 Å². The maximum atomic E-state index is 12.1. The van der Waals surface area contributed by atoms with Gasteiger partial charge in [0.1, 0.15) is 17.1 Å². The van der Waals surface area contributed by atoms with E-state index in [9.17, 15) is 4.79 Å². The Morgan fingerprint density at radius 3 is 2.62 bits per heavy atom. The fraction of sp³-hybridized carbons (Fsp3) is 0.278. The second kappa shape index (κ2) is 5.96. The molecule has 0 aliphatic rings. The lowest BCUT2D eigenvalue weighted by Crippen LogP contribution is -2.27. The van der Waals surface area contributed by atoms with Crippen LogP contribution in [0.2, 0.25) is 0 Å². The Morgan fingerprint density at radius 2 is 2.00 bits per heavy atom. The van der Waals surface area contributed by atoms with Crippen LogP contribution in [0.1, 0.15) is 31.1 Å². The molecule has 0 radical (unpaired) electrons. The molecule has 0 saturated heterocycles. The summed E-state index contributed by atoms with van der Waals surface area (Å²) in [5.41, 5.74) is 2.21. The summed E-state index contributed by atoms with van der Waals surface area (Å²) in [7, 11) is 1.36. The first-order chi connectivity index (χ1) is 11.4. The third-order valence-electron chi connectivity index (χ3n) is 3.46. The smallest absolute Gasteiger partial charge is 0.341 e. The number of aromatic nitrogens is 3. The van der Waals surface area contributed by atoms with Gasteiger partial charge in [-0.3, -0.25) is 9.38 Å². The number of esters is 1. The zero-order valence-electron chi connectivity index (χ0n) is 14.2. The van der Waals surface area contributed by atoms with Crippen molar-refractivity contribution in [3.63, 3.8) is 0 Å². The minimum absolute atomic E-state index is 0.180. The zero-order valence-corrected chi connectivity index (χ0v) is 14.2. The van der Waals surface area contributed by atoms with Crippen LogP contribution >= 0.6 is 0 Å². The predicted molar refractivity (Wildman–Crippen MR) is 93.1 cm³/mol. The Labute approximate surface area is 140 Å². The maximum absolute atomic E-state index is 12.1. The Morgan fingerprint density at radius 1 is 1.21 bits per heavy atom. The number of methoxy groups -OCH3 is 1. The average molecular weight is 324 g/mol. The Kier molecular flexibility index (Phi) is 3.97. The predicted octanol–water partition coefficient (Wildman–Crippen LogP) is 3.39. The average Bonchev–Trinajstić information content (AvgIpc) is 2.92. The Bertz CT molecular complexity index is 879. The van der Waals surface area contributed by atoms with Crippen molar-refractivity contribution in [1.29, 1.82) is 0 Å². The van der Waals surface area contributed by atoms with E-state index < -0.39 is 5.97 Å². The highest BCUT2D eigenvalue weighted by atomic mass is 16.5. The number of carbonyl (C=O) groups is 1. The quantitative estimate of drug-likeness (QED) is 0.748. The van der Waals surface area contributed by atoms with Crippen molar-refractivity contribution in [2.45, 2.75) is 26.3 Å². The van der Waals surface area contributed by atoms with E-state index in [0.29, 0.717) is 16.9 Å². The molecule has 0 atom stereocenters. The summed E-state index contributed by atoms with van der Waals surface area (Å²) in [6.07, 6.45) is 3.59. The van der Waals surface area contributed by atoms with Gasteiger partial charge in [0.15, 0.2) is 5.65 Å². The summed E-state index contributed by atoms with van der Waals surface area (Å²) >= 11 is 0. The number of imidazole rings is 1. The highest BCUT2D eigenvalue weighted by Gasteiger charge is 2.22. The van der Waals surface area contributed by atoms with E-state index in [2.05, 4.69) is 36.1 Å². The first-order valence-electron chi connectivity index (χ1n) is 7.69.